The number of azide groups is 1. The van der Waals surface area contributed by atoms with Gasteiger partial charge in [-0.2, -0.15) is 4.98 Å². The molecule has 0 radical (unpaired) electrons. The van der Waals surface area contributed by atoms with Crippen LogP contribution in [0, 0.1) is 0 Å². The number of aliphatic hydroxyl groups excluding tert-OH is 1. The van der Waals surface area contributed by atoms with Crippen LogP contribution in [0.4, 0.5) is 22.1 Å². The molecular weight excluding hydrogens is 1070 g/mol. The highest BCUT2D eigenvalue weighted by Crippen LogP contribution is 2.50. The van der Waals surface area contributed by atoms with Gasteiger partial charge in [-0.25, -0.2) is 33.7 Å². The van der Waals surface area contributed by atoms with Gasteiger partial charge in [0.25, 0.3) is 0 Å². The number of esters is 1. The second kappa shape index (κ2) is 26.1. The molecule has 75 heavy (non-hydrogen) atoms. The summed E-state index contributed by atoms with van der Waals surface area (Å²) < 4.78 is 65.2. The molecule has 2 aliphatic rings. The molecule has 1 aromatic carbocycles. The number of amides is 2. The third-order valence-electron chi connectivity index (χ3n) is 10.8. The molecule has 2 aliphatic heterocycles. The Labute approximate surface area is 434 Å². The summed E-state index contributed by atoms with van der Waals surface area (Å²) in [5, 5.41) is 20.5. The summed E-state index contributed by atoms with van der Waals surface area (Å²) in [6, 6.07) is 5.36. The number of nitrogens with zero attached hydrogens (tertiary/aromatic N) is 9. The summed E-state index contributed by atoms with van der Waals surface area (Å²) in [5.41, 5.74) is 26.8. The summed E-state index contributed by atoms with van der Waals surface area (Å²) in [5.74, 6) is -1.43. The van der Waals surface area contributed by atoms with Gasteiger partial charge in [-0.1, -0.05) is 71.7 Å². The maximum Gasteiger partial charge on any atom is 0.472 e. The van der Waals surface area contributed by atoms with Crippen LogP contribution in [-0.2, 0) is 57.8 Å². The van der Waals surface area contributed by atoms with Gasteiger partial charge in [0.1, 0.15) is 67.0 Å². The topological polar surface area (TPSA) is 460 Å². The molecule has 0 aliphatic carbocycles. The van der Waals surface area contributed by atoms with Gasteiger partial charge in [0, 0.05) is 40.3 Å². The van der Waals surface area contributed by atoms with Crippen molar-refractivity contribution in [2.75, 3.05) is 37.0 Å². The molecule has 10 atom stereocenters. The first-order chi connectivity index (χ1) is 35.4. The first-order valence-electron chi connectivity index (χ1n) is 22.6. The monoisotopic (exact) mass is 1130 g/mol. The van der Waals surface area contributed by atoms with Gasteiger partial charge in [0.2, 0.25) is 5.91 Å². The van der Waals surface area contributed by atoms with Gasteiger partial charge < -0.3 is 66.6 Å². The number of rotatable bonds is 25. The molecule has 31 nitrogen and oxygen atoms in total. The highest BCUT2D eigenvalue weighted by molar-refractivity contribution is 8.77. The molecular formula is C40H56N14O17P2S2. The van der Waals surface area contributed by atoms with Crippen LogP contribution in [0.15, 0.2) is 59.1 Å². The van der Waals surface area contributed by atoms with Gasteiger partial charge in [-0.3, -0.25) is 32.3 Å². The van der Waals surface area contributed by atoms with Crippen LogP contribution in [0.1, 0.15) is 64.5 Å². The van der Waals surface area contributed by atoms with Crippen molar-refractivity contribution in [3.05, 3.63) is 75.7 Å². The Morgan fingerprint density at radius 1 is 1.03 bits per heavy atom. The maximum absolute atomic E-state index is 13.6. The van der Waals surface area contributed by atoms with Crippen molar-refractivity contribution >= 4 is 83.7 Å². The molecule has 410 valence electrons. The summed E-state index contributed by atoms with van der Waals surface area (Å²) >= 11 is 0. The predicted molar refractivity (Wildman–Crippen MR) is 267 cm³/mol. The number of fused-ring (bicyclic) bond motifs is 1. The summed E-state index contributed by atoms with van der Waals surface area (Å²) in [6.45, 7) is 4.25. The molecule has 5 heterocycles. The van der Waals surface area contributed by atoms with E-state index in [1.807, 2.05) is 20.8 Å². The van der Waals surface area contributed by atoms with Crippen LogP contribution in [0.5, 0.6) is 0 Å². The average Bonchev–Trinajstić information content (AvgIpc) is 4.03. The van der Waals surface area contributed by atoms with Crippen LogP contribution in [0.3, 0.4) is 0 Å². The van der Waals surface area contributed by atoms with Crippen molar-refractivity contribution in [3.63, 3.8) is 0 Å². The number of phosphoric ester groups is 2. The predicted octanol–water partition coefficient (Wildman–Crippen LogP) is 2.35. The van der Waals surface area contributed by atoms with Crippen molar-refractivity contribution < 1.29 is 75.8 Å². The summed E-state index contributed by atoms with van der Waals surface area (Å²) in [7, 11) is -7.42. The summed E-state index contributed by atoms with van der Waals surface area (Å²) in [6.07, 6.45) is -7.48. The molecule has 6 rings (SSSR count). The number of nitrogens with one attached hydrogen (secondary N) is 2. The SMILES string of the molecule is CC(C)(C)SSCC(NC(=O)OCc1ccc(N=[N+]=[N-])cc1)C(=O)NCCCCC(N)C(=O)OC1C(COP(=O)(O)OC2CC(n3ccc(N)nc3=O)OC2COP(=O)(O)O)OC(n2cnc3c(N)ncnc32)C1O. The Hall–Kier alpha value is -5.47. The molecule has 0 spiro atoms. The van der Waals surface area contributed by atoms with Crippen LogP contribution >= 0.6 is 37.2 Å². The second-order valence-corrected chi connectivity index (χ2v) is 23.5. The van der Waals surface area contributed by atoms with Gasteiger partial charge in [0.05, 0.1) is 19.5 Å². The maximum atomic E-state index is 13.6. The molecule has 0 bridgehead atoms. The number of phosphoric acid groups is 2. The van der Waals surface area contributed by atoms with E-state index in [0.29, 0.717) is 17.7 Å². The summed E-state index contributed by atoms with van der Waals surface area (Å²) in [4.78, 5) is 100. The Morgan fingerprint density at radius 3 is 2.45 bits per heavy atom. The number of hydrogen-bond acceptors (Lipinski definition) is 24. The number of anilines is 2. The molecule has 4 aromatic rings. The zero-order valence-corrected chi connectivity index (χ0v) is 43.7. The number of benzene rings is 1. The molecule has 12 N–H and O–H groups in total. The van der Waals surface area contributed by atoms with Crippen molar-refractivity contribution in [1.82, 2.24) is 39.7 Å². The highest BCUT2D eigenvalue weighted by atomic mass is 33.1. The average molecular weight is 1130 g/mol. The lowest BCUT2D eigenvalue weighted by Crippen LogP contribution is -2.48. The minimum absolute atomic E-state index is 0.00594. The minimum Gasteiger partial charge on any atom is -0.455 e. The number of hydrogen-bond donors (Lipinski definition) is 9. The van der Waals surface area contributed by atoms with Crippen LogP contribution in [0.2, 0.25) is 0 Å². The number of nitrogen functional groups attached to an aromatic ring is 2. The molecule has 0 saturated carbocycles. The van der Waals surface area contributed by atoms with Gasteiger partial charge in [-0.15, -0.1) is 0 Å². The largest absolute Gasteiger partial charge is 0.472 e. The number of alkyl carbamates (subject to hydrolysis) is 1. The second-order valence-electron chi connectivity index (χ2n) is 17.6. The van der Waals surface area contributed by atoms with Crippen molar-refractivity contribution in [2.24, 2.45) is 10.8 Å². The number of aliphatic hydroxyl groups is 1. The van der Waals surface area contributed by atoms with Crippen molar-refractivity contribution in [1.29, 1.82) is 0 Å². The number of carbonyl (C=O) groups excluding carboxylic acids is 3. The van der Waals surface area contributed by atoms with Gasteiger partial charge in [-0.05, 0) is 36.4 Å². The quantitative estimate of drug-likeness (QED) is 0.00874. The zero-order chi connectivity index (χ0) is 54.7. The van der Waals surface area contributed by atoms with Gasteiger partial charge >= 0.3 is 33.4 Å². The van der Waals surface area contributed by atoms with Crippen molar-refractivity contribution in [2.45, 2.75) is 113 Å². The van der Waals surface area contributed by atoms with E-state index in [4.69, 9.17) is 50.7 Å². The van der Waals surface area contributed by atoms with E-state index >= 15 is 0 Å². The Morgan fingerprint density at radius 2 is 1.76 bits per heavy atom. The van der Waals surface area contributed by atoms with Crippen LogP contribution < -0.4 is 33.5 Å². The molecule has 2 fully saturated rings. The number of aromatic nitrogens is 6. The fraction of sp³-hybridized carbons (Fsp3) is 0.550. The van der Waals surface area contributed by atoms with E-state index in [0.717, 1.165) is 10.9 Å². The number of ether oxygens (including phenoxy) is 4. The fourth-order valence-corrected chi connectivity index (χ4v) is 11.0. The standard InChI is InChI=1S/C40H56N14O17P2S2/c1-40(2,3)75-74-18-24(49-39(59)65-15-21-7-9-22(10-8-21)51-52-44)35(56)45-12-5-4-6-23(41)37(57)70-32-27(69-36(31(32)55)54-20-48-30-33(43)46-19-47-34(30)54)17-67-73(63,64)71-25-14-29(53-13-11-28(42)50-38(53)58)68-26(25)16-66-72(60,61)62/h7-11,13,19-20,23-27,29,31-32,36,55H,4-6,12,14-18,41H2,1-3H3,(H,45,56)(H,49,59)(H,63,64)(H2,42,50,58)(H2,43,46,47)(H2,60,61,62). The minimum atomic E-state index is -5.24. The Bertz CT molecular complexity index is 2840. The number of unbranched alkanes of at least 4 members (excludes halogenated alkanes) is 1. The highest BCUT2D eigenvalue weighted by Gasteiger charge is 2.50. The molecule has 10 unspecified atom stereocenters. The van der Waals surface area contributed by atoms with E-state index in [1.54, 1.807) is 24.3 Å². The Balaban J connectivity index is 1.06. The number of nitrogens with two attached hydrogens (primary N) is 3. The molecule has 2 saturated heterocycles. The smallest absolute Gasteiger partial charge is 0.455 e. The van der Waals surface area contributed by atoms with Crippen molar-refractivity contribution in [3.8, 4) is 0 Å². The zero-order valence-electron chi connectivity index (χ0n) is 40.2. The lowest BCUT2D eigenvalue weighted by Gasteiger charge is -2.24. The van der Waals surface area contributed by atoms with E-state index in [-0.39, 0.29) is 65.7 Å². The van der Waals surface area contributed by atoms with E-state index in [1.165, 1.54) is 44.7 Å². The van der Waals surface area contributed by atoms with Crippen LogP contribution in [-0.4, -0.2) is 140 Å². The van der Waals surface area contributed by atoms with E-state index < -0.39 is 108 Å². The number of carbonyl (C=O) groups is 3. The molecule has 2 amide bonds. The third kappa shape index (κ3) is 17.3. The first kappa shape index (κ1) is 58.8. The lowest BCUT2D eigenvalue weighted by atomic mass is 10.1. The van der Waals surface area contributed by atoms with Crippen LogP contribution in [0.25, 0.3) is 21.6 Å². The lowest BCUT2D eigenvalue weighted by molar-refractivity contribution is -0.158. The van der Waals surface area contributed by atoms with Gasteiger partial charge in [0.15, 0.2) is 23.8 Å². The first-order valence-corrected chi connectivity index (χ1v) is 28.0. The fourth-order valence-electron chi connectivity index (χ4n) is 7.27. The third-order valence-corrected chi connectivity index (χ3v) is 15.7. The number of imidazole rings is 1. The Kier molecular flexibility index (Phi) is 20.4. The molecule has 3 aromatic heterocycles. The van der Waals surface area contributed by atoms with E-state index in [2.05, 4.69) is 45.1 Å². The normalized spacial score (nSPS) is 22.4. The van der Waals surface area contributed by atoms with E-state index in [9.17, 15) is 48.1 Å². The molecule has 35 heteroatoms.